The number of hydrogen-bond acceptors (Lipinski definition) is 5. The second-order valence-electron chi connectivity index (χ2n) is 4.44. The van der Waals surface area contributed by atoms with Gasteiger partial charge in [0.2, 0.25) is 0 Å². The van der Waals surface area contributed by atoms with E-state index in [9.17, 15) is 9.90 Å². The number of pyridine rings is 1. The van der Waals surface area contributed by atoms with Crippen molar-refractivity contribution in [2.75, 3.05) is 6.54 Å². The van der Waals surface area contributed by atoms with E-state index in [1.54, 1.807) is 30.6 Å². The molecule has 1 amide bonds. The van der Waals surface area contributed by atoms with Crippen molar-refractivity contribution in [2.24, 2.45) is 0 Å². The fourth-order valence-electron chi connectivity index (χ4n) is 1.76. The zero-order valence-electron chi connectivity index (χ0n) is 11.2. The number of aliphatic hydroxyl groups excluding tert-OH is 1. The Kier molecular flexibility index (Phi) is 4.84. The Balaban J connectivity index is 1.88. The van der Waals surface area contributed by atoms with E-state index in [0.717, 1.165) is 12.8 Å². The molecule has 0 unspecified atom stereocenters. The number of aliphatic hydroxyl groups is 1. The Morgan fingerprint density at radius 2 is 2.40 bits per heavy atom. The lowest BCUT2D eigenvalue weighted by Crippen LogP contribution is -2.28. The smallest absolute Gasteiger partial charge is 0.273 e. The summed E-state index contributed by atoms with van der Waals surface area (Å²) in [6, 6.07) is 5.10. The van der Waals surface area contributed by atoms with Gasteiger partial charge >= 0.3 is 0 Å². The van der Waals surface area contributed by atoms with E-state index in [0.29, 0.717) is 11.3 Å². The monoisotopic (exact) mass is 275 g/mol. The molecule has 0 bridgehead atoms. The van der Waals surface area contributed by atoms with Crippen LogP contribution in [0.15, 0.2) is 35.1 Å². The normalized spacial score (nSPS) is 12.1. The van der Waals surface area contributed by atoms with Gasteiger partial charge in [-0.15, -0.1) is 0 Å². The fraction of sp³-hybridized carbons (Fsp3) is 0.357. The van der Waals surface area contributed by atoms with Gasteiger partial charge in [0.1, 0.15) is 5.76 Å². The molecule has 0 aliphatic carbocycles. The van der Waals surface area contributed by atoms with Gasteiger partial charge in [0.15, 0.2) is 5.69 Å². The van der Waals surface area contributed by atoms with Gasteiger partial charge in [-0.3, -0.25) is 9.78 Å². The predicted molar refractivity (Wildman–Crippen MR) is 72.0 cm³/mol. The van der Waals surface area contributed by atoms with E-state index in [2.05, 4.69) is 15.5 Å². The first-order valence-corrected chi connectivity index (χ1v) is 6.52. The fourth-order valence-corrected chi connectivity index (χ4v) is 1.76. The Hall–Kier alpha value is -2.21. The Labute approximate surface area is 116 Å². The Bertz CT molecular complexity index is 554. The van der Waals surface area contributed by atoms with E-state index in [1.165, 1.54) is 0 Å². The van der Waals surface area contributed by atoms with Crippen LogP contribution in [0.3, 0.4) is 0 Å². The molecule has 0 saturated heterocycles. The van der Waals surface area contributed by atoms with Gasteiger partial charge in [-0.05, 0) is 12.5 Å². The summed E-state index contributed by atoms with van der Waals surface area (Å²) in [6.45, 7) is 2.12. The first-order valence-electron chi connectivity index (χ1n) is 6.52. The zero-order chi connectivity index (χ0) is 14.4. The van der Waals surface area contributed by atoms with Crippen LogP contribution in [0.1, 0.15) is 41.3 Å². The van der Waals surface area contributed by atoms with Crippen molar-refractivity contribution in [2.45, 2.75) is 25.9 Å². The van der Waals surface area contributed by atoms with E-state index in [4.69, 9.17) is 4.52 Å². The van der Waals surface area contributed by atoms with E-state index < -0.39 is 6.10 Å². The minimum absolute atomic E-state index is 0.0977. The van der Waals surface area contributed by atoms with E-state index in [1.807, 2.05) is 6.92 Å². The van der Waals surface area contributed by atoms with E-state index >= 15 is 0 Å². The van der Waals surface area contributed by atoms with Crippen LogP contribution in [0.5, 0.6) is 0 Å². The van der Waals surface area contributed by atoms with Gasteiger partial charge in [-0.25, -0.2) is 0 Å². The maximum atomic E-state index is 11.8. The molecule has 6 nitrogen and oxygen atoms in total. The maximum absolute atomic E-state index is 11.8. The molecule has 0 spiro atoms. The number of nitrogens with one attached hydrogen (secondary N) is 1. The lowest BCUT2D eigenvalue weighted by molar-refractivity contribution is 0.0907. The van der Waals surface area contributed by atoms with Crippen LogP contribution in [0.4, 0.5) is 0 Å². The van der Waals surface area contributed by atoms with Gasteiger partial charge < -0.3 is 14.9 Å². The molecule has 0 aromatic carbocycles. The number of amides is 1. The lowest BCUT2D eigenvalue weighted by Gasteiger charge is -2.10. The van der Waals surface area contributed by atoms with Gasteiger partial charge in [-0.2, -0.15) is 0 Å². The van der Waals surface area contributed by atoms with Crippen LogP contribution in [-0.2, 0) is 6.42 Å². The standard InChI is InChI=1S/C14H17N3O3/c1-2-4-11-7-12(17-20-11)14(19)16-9-13(18)10-5-3-6-15-8-10/h3,5-8,13,18H,2,4,9H2,1H3,(H,16,19)/t13-/m1/s1. The topological polar surface area (TPSA) is 88.2 Å². The van der Waals surface area contributed by atoms with Crippen LogP contribution in [-0.4, -0.2) is 27.7 Å². The predicted octanol–water partition coefficient (Wildman–Crippen LogP) is 1.49. The molecule has 0 saturated carbocycles. The highest BCUT2D eigenvalue weighted by Crippen LogP contribution is 2.10. The second-order valence-corrected chi connectivity index (χ2v) is 4.44. The van der Waals surface area contributed by atoms with Crippen LogP contribution in [0.25, 0.3) is 0 Å². The van der Waals surface area contributed by atoms with Gasteiger partial charge in [-0.1, -0.05) is 18.1 Å². The molecule has 2 rings (SSSR count). The van der Waals surface area contributed by atoms with Crippen LogP contribution >= 0.6 is 0 Å². The number of aryl methyl sites for hydroxylation is 1. The van der Waals surface area contributed by atoms with Crippen molar-refractivity contribution in [1.29, 1.82) is 0 Å². The second kappa shape index (κ2) is 6.81. The minimum Gasteiger partial charge on any atom is -0.387 e. The number of nitrogens with zero attached hydrogens (tertiary/aromatic N) is 2. The molecule has 0 aliphatic rings. The van der Waals surface area contributed by atoms with Crippen LogP contribution in [0.2, 0.25) is 0 Å². The van der Waals surface area contributed by atoms with Crippen molar-refractivity contribution in [3.05, 3.63) is 47.6 Å². The first-order chi connectivity index (χ1) is 9.70. The number of carbonyl (C=O) groups is 1. The van der Waals surface area contributed by atoms with Gasteiger partial charge in [0.05, 0.1) is 6.10 Å². The molecule has 0 aliphatic heterocycles. The summed E-state index contributed by atoms with van der Waals surface area (Å²) in [4.78, 5) is 15.8. The number of rotatable bonds is 6. The quantitative estimate of drug-likeness (QED) is 0.833. The summed E-state index contributed by atoms with van der Waals surface area (Å²) in [6.07, 6.45) is 4.06. The summed E-state index contributed by atoms with van der Waals surface area (Å²) < 4.78 is 5.03. The molecular formula is C14H17N3O3. The number of hydrogen-bond donors (Lipinski definition) is 2. The lowest BCUT2D eigenvalue weighted by atomic mass is 10.1. The first kappa shape index (κ1) is 14.2. The summed E-state index contributed by atoms with van der Waals surface area (Å²) in [5.41, 5.74) is 0.881. The molecule has 2 N–H and O–H groups in total. The van der Waals surface area contributed by atoms with Crippen molar-refractivity contribution < 1.29 is 14.4 Å². The van der Waals surface area contributed by atoms with Gasteiger partial charge in [0, 0.05) is 37.0 Å². The number of aromatic nitrogens is 2. The molecule has 106 valence electrons. The van der Waals surface area contributed by atoms with Crippen LogP contribution in [0, 0.1) is 0 Å². The average Bonchev–Trinajstić information content (AvgIpc) is 2.94. The molecule has 6 heteroatoms. The van der Waals surface area contributed by atoms with Crippen molar-refractivity contribution >= 4 is 5.91 Å². The maximum Gasteiger partial charge on any atom is 0.273 e. The minimum atomic E-state index is -0.797. The molecular weight excluding hydrogens is 258 g/mol. The van der Waals surface area contributed by atoms with Crippen molar-refractivity contribution in [3.8, 4) is 0 Å². The number of carbonyl (C=O) groups excluding carboxylic acids is 1. The van der Waals surface area contributed by atoms with Crippen molar-refractivity contribution in [3.63, 3.8) is 0 Å². The summed E-state index contributed by atoms with van der Waals surface area (Å²) in [7, 11) is 0. The average molecular weight is 275 g/mol. The largest absolute Gasteiger partial charge is 0.387 e. The van der Waals surface area contributed by atoms with Crippen molar-refractivity contribution in [1.82, 2.24) is 15.5 Å². The highest BCUT2D eigenvalue weighted by atomic mass is 16.5. The Morgan fingerprint density at radius 1 is 1.55 bits per heavy atom. The Morgan fingerprint density at radius 3 is 3.10 bits per heavy atom. The highest BCUT2D eigenvalue weighted by molar-refractivity contribution is 5.92. The van der Waals surface area contributed by atoms with Crippen LogP contribution < -0.4 is 5.32 Å². The molecule has 0 fully saturated rings. The van der Waals surface area contributed by atoms with Gasteiger partial charge in [0.25, 0.3) is 5.91 Å². The molecule has 2 aromatic heterocycles. The zero-order valence-corrected chi connectivity index (χ0v) is 11.2. The molecule has 2 aromatic rings. The summed E-state index contributed by atoms with van der Waals surface area (Å²) in [5.74, 6) is 0.324. The molecule has 0 radical (unpaired) electrons. The molecule has 1 atom stereocenters. The third-order valence-corrected chi connectivity index (χ3v) is 2.81. The SMILES string of the molecule is CCCc1cc(C(=O)NC[C@@H](O)c2cccnc2)no1. The highest BCUT2D eigenvalue weighted by Gasteiger charge is 2.14. The molecule has 2 heterocycles. The van der Waals surface area contributed by atoms with E-state index in [-0.39, 0.29) is 18.1 Å². The summed E-state index contributed by atoms with van der Waals surface area (Å²) >= 11 is 0. The molecule has 20 heavy (non-hydrogen) atoms. The third kappa shape index (κ3) is 3.64. The third-order valence-electron chi connectivity index (χ3n) is 2.81. The summed E-state index contributed by atoms with van der Waals surface area (Å²) in [5, 5.41) is 16.2.